The molecule has 1 rings (SSSR count). The van der Waals surface area contributed by atoms with E-state index in [2.05, 4.69) is 4.98 Å². The van der Waals surface area contributed by atoms with E-state index < -0.39 is 12.7 Å². The molecule has 2 nitrogen and oxygen atoms in total. The molecule has 16 heavy (non-hydrogen) atoms. The van der Waals surface area contributed by atoms with E-state index in [-0.39, 0.29) is 11.0 Å². The fraction of sp³-hybridized carbons (Fsp3) is 0.500. The maximum atomic E-state index is 12.3. The molecule has 0 fully saturated rings. The van der Waals surface area contributed by atoms with E-state index in [1.54, 1.807) is 6.07 Å². The molecule has 0 spiro atoms. The zero-order valence-electron chi connectivity index (χ0n) is 8.76. The van der Waals surface area contributed by atoms with Crippen molar-refractivity contribution in [1.82, 2.24) is 4.98 Å². The second-order valence-corrected chi connectivity index (χ2v) is 3.74. The van der Waals surface area contributed by atoms with Gasteiger partial charge in [0.2, 0.25) is 0 Å². The van der Waals surface area contributed by atoms with Crippen molar-refractivity contribution in [2.45, 2.75) is 19.5 Å². The highest BCUT2D eigenvalue weighted by Gasteiger charge is 2.31. The largest absolute Gasteiger partial charge is 0.405 e. The molecule has 0 aromatic carbocycles. The van der Waals surface area contributed by atoms with Gasteiger partial charge in [-0.05, 0) is 18.6 Å². The van der Waals surface area contributed by atoms with E-state index >= 15 is 0 Å². The minimum atomic E-state index is -4.24. The van der Waals surface area contributed by atoms with Crippen LogP contribution < -0.4 is 4.90 Å². The van der Waals surface area contributed by atoms with E-state index in [4.69, 9.17) is 11.6 Å². The molecular formula is C10H12ClF3N2. The quantitative estimate of drug-likeness (QED) is 0.763. The standard InChI is InChI=1S/C10H12ClF3N2/c1-2-6-16(7-10(12,13)14)9-5-3-4-8(11)15-9/h3-5H,2,6-7H2,1H3. The predicted molar refractivity (Wildman–Crippen MR) is 57.8 cm³/mol. The molecule has 90 valence electrons. The number of aromatic nitrogens is 1. The summed E-state index contributed by atoms with van der Waals surface area (Å²) in [4.78, 5) is 5.04. The lowest BCUT2D eigenvalue weighted by atomic mass is 10.3. The molecule has 0 bridgehead atoms. The van der Waals surface area contributed by atoms with Crippen molar-refractivity contribution in [1.29, 1.82) is 0 Å². The zero-order chi connectivity index (χ0) is 12.2. The van der Waals surface area contributed by atoms with Crippen LogP contribution in [0.15, 0.2) is 18.2 Å². The van der Waals surface area contributed by atoms with Gasteiger partial charge in [-0.25, -0.2) is 4.98 Å². The van der Waals surface area contributed by atoms with Crippen LogP contribution in [0, 0.1) is 0 Å². The molecule has 0 saturated carbocycles. The van der Waals surface area contributed by atoms with Crippen LogP contribution in [-0.2, 0) is 0 Å². The fourth-order valence-electron chi connectivity index (χ4n) is 1.33. The van der Waals surface area contributed by atoms with Crippen LogP contribution in [0.2, 0.25) is 5.15 Å². The Morgan fingerprint density at radius 1 is 1.38 bits per heavy atom. The number of alkyl halides is 3. The first kappa shape index (κ1) is 13.1. The van der Waals surface area contributed by atoms with Crippen molar-refractivity contribution in [3.05, 3.63) is 23.4 Å². The predicted octanol–water partition coefficient (Wildman–Crippen LogP) is 3.51. The van der Waals surface area contributed by atoms with Crippen LogP contribution in [0.3, 0.4) is 0 Å². The van der Waals surface area contributed by atoms with E-state index in [9.17, 15) is 13.2 Å². The maximum absolute atomic E-state index is 12.3. The Morgan fingerprint density at radius 3 is 2.56 bits per heavy atom. The van der Waals surface area contributed by atoms with Gasteiger partial charge in [-0.15, -0.1) is 0 Å². The molecule has 1 heterocycles. The number of nitrogens with zero attached hydrogens (tertiary/aromatic N) is 2. The van der Waals surface area contributed by atoms with Crippen LogP contribution in [0.1, 0.15) is 13.3 Å². The van der Waals surface area contributed by atoms with Crippen molar-refractivity contribution in [3.63, 3.8) is 0 Å². The number of pyridine rings is 1. The number of hydrogen-bond donors (Lipinski definition) is 0. The van der Waals surface area contributed by atoms with Gasteiger partial charge in [0.15, 0.2) is 0 Å². The first-order chi connectivity index (χ1) is 7.42. The minimum Gasteiger partial charge on any atom is -0.347 e. The van der Waals surface area contributed by atoms with Crippen molar-refractivity contribution >= 4 is 17.4 Å². The summed E-state index contributed by atoms with van der Waals surface area (Å²) in [5, 5.41) is 0.195. The SMILES string of the molecule is CCCN(CC(F)(F)F)c1cccc(Cl)n1. The molecule has 1 aromatic rings. The molecule has 6 heteroatoms. The molecule has 0 aliphatic carbocycles. The number of rotatable bonds is 4. The smallest absolute Gasteiger partial charge is 0.347 e. The molecule has 0 aliphatic heterocycles. The third-order valence-corrected chi connectivity index (χ3v) is 2.10. The summed E-state index contributed by atoms with van der Waals surface area (Å²) in [6, 6.07) is 4.64. The van der Waals surface area contributed by atoms with Gasteiger partial charge in [-0.2, -0.15) is 13.2 Å². The summed E-state index contributed by atoms with van der Waals surface area (Å²) in [5.41, 5.74) is 0. The van der Waals surface area contributed by atoms with E-state index in [0.717, 1.165) is 0 Å². The van der Waals surface area contributed by atoms with Crippen LogP contribution in [0.4, 0.5) is 19.0 Å². The van der Waals surface area contributed by atoms with Gasteiger partial charge in [0, 0.05) is 6.54 Å². The minimum absolute atomic E-state index is 0.195. The lowest BCUT2D eigenvalue weighted by molar-refractivity contribution is -0.119. The molecule has 0 aliphatic rings. The van der Waals surface area contributed by atoms with Gasteiger partial charge in [-0.1, -0.05) is 24.6 Å². The molecule has 0 radical (unpaired) electrons. The van der Waals surface area contributed by atoms with Gasteiger partial charge < -0.3 is 4.90 Å². The fourth-order valence-corrected chi connectivity index (χ4v) is 1.49. The average molecular weight is 253 g/mol. The Balaban J connectivity index is 2.85. The van der Waals surface area contributed by atoms with Crippen molar-refractivity contribution in [2.24, 2.45) is 0 Å². The van der Waals surface area contributed by atoms with E-state index in [0.29, 0.717) is 13.0 Å². The third-order valence-electron chi connectivity index (χ3n) is 1.89. The van der Waals surface area contributed by atoms with Crippen molar-refractivity contribution in [2.75, 3.05) is 18.0 Å². The van der Waals surface area contributed by atoms with Crippen molar-refractivity contribution < 1.29 is 13.2 Å². The monoisotopic (exact) mass is 252 g/mol. The van der Waals surface area contributed by atoms with Gasteiger partial charge in [0.1, 0.15) is 17.5 Å². The number of anilines is 1. The second-order valence-electron chi connectivity index (χ2n) is 3.36. The molecule has 0 saturated heterocycles. The molecule has 0 amide bonds. The average Bonchev–Trinajstić information content (AvgIpc) is 2.15. The summed E-state index contributed by atoms with van der Waals surface area (Å²) in [5.74, 6) is 0.256. The summed E-state index contributed by atoms with van der Waals surface area (Å²) in [6.45, 7) is 1.11. The highest BCUT2D eigenvalue weighted by molar-refractivity contribution is 6.29. The first-order valence-electron chi connectivity index (χ1n) is 4.86. The highest BCUT2D eigenvalue weighted by atomic mass is 35.5. The van der Waals surface area contributed by atoms with Gasteiger partial charge in [0.05, 0.1) is 0 Å². The number of hydrogen-bond acceptors (Lipinski definition) is 2. The lowest BCUT2D eigenvalue weighted by Gasteiger charge is -2.24. The highest BCUT2D eigenvalue weighted by Crippen LogP contribution is 2.21. The Labute approximate surface area is 97.0 Å². The van der Waals surface area contributed by atoms with E-state index in [1.807, 2.05) is 6.92 Å². The third kappa shape index (κ3) is 4.26. The molecule has 0 unspecified atom stereocenters. The Hall–Kier alpha value is -0.970. The topological polar surface area (TPSA) is 16.1 Å². The van der Waals surface area contributed by atoms with Crippen molar-refractivity contribution in [3.8, 4) is 0 Å². The Kier molecular flexibility index (Phi) is 4.41. The molecule has 0 N–H and O–H groups in total. The van der Waals surface area contributed by atoms with Crippen LogP contribution in [0.25, 0.3) is 0 Å². The summed E-state index contributed by atoms with van der Waals surface area (Å²) < 4.78 is 36.9. The maximum Gasteiger partial charge on any atom is 0.405 e. The Morgan fingerprint density at radius 2 is 2.06 bits per heavy atom. The van der Waals surface area contributed by atoms with Crippen LogP contribution in [0.5, 0.6) is 0 Å². The Bertz CT molecular complexity index is 341. The van der Waals surface area contributed by atoms with Gasteiger partial charge >= 0.3 is 6.18 Å². The molecular weight excluding hydrogens is 241 g/mol. The summed E-state index contributed by atoms with van der Waals surface area (Å²) in [7, 11) is 0. The number of halogens is 4. The molecule has 0 atom stereocenters. The second kappa shape index (κ2) is 5.39. The van der Waals surface area contributed by atoms with Gasteiger partial charge in [-0.3, -0.25) is 0 Å². The lowest BCUT2D eigenvalue weighted by Crippen LogP contribution is -2.35. The normalized spacial score (nSPS) is 11.6. The summed E-state index contributed by atoms with van der Waals surface area (Å²) in [6.07, 6.45) is -3.62. The van der Waals surface area contributed by atoms with Crippen LogP contribution in [-0.4, -0.2) is 24.2 Å². The first-order valence-corrected chi connectivity index (χ1v) is 5.24. The van der Waals surface area contributed by atoms with Crippen LogP contribution >= 0.6 is 11.6 Å². The molecule has 1 aromatic heterocycles. The van der Waals surface area contributed by atoms with E-state index in [1.165, 1.54) is 17.0 Å². The van der Waals surface area contributed by atoms with Gasteiger partial charge in [0.25, 0.3) is 0 Å². The summed E-state index contributed by atoms with van der Waals surface area (Å²) >= 11 is 5.64. The zero-order valence-corrected chi connectivity index (χ0v) is 9.52.